The molecule has 0 amide bonds. The van der Waals surface area contributed by atoms with E-state index in [1.165, 1.54) is 0 Å². The number of phenols is 1. The van der Waals surface area contributed by atoms with Gasteiger partial charge < -0.3 is 14.9 Å². The van der Waals surface area contributed by atoms with Crippen LogP contribution in [0.25, 0.3) is 0 Å². The van der Waals surface area contributed by atoms with E-state index >= 15 is 0 Å². The maximum absolute atomic E-state index is 11.0. The first kappa shape index (κ1) is 35.9. The summed E-state index contributed by atoms with van der Waals surface area (Å²) in [6.07, 6.45) is 0.670. The Kier molecular flexibility index (Phi) is 14.5. The van der Waals surface area contributed by atoms with Gasteiger partial charge in [-0.1, -0.05) is 46.9 Å². The third-order valence-corrected chi connectivity index (χ3v) is 9.43. The predicted molar refractivity (Wildman–Crippen MR) is 192 cm³/mol. The Morgan fingerprint density at radius 3 is 1.50 bits per heavy atom. The monoisotopic (exact) mass is 738 g/mol. The number of benzene rings is 3. The van der Waals surface area contributed by atoms with Gasteiger partial charge in [0.15, 0.2) is 0 Å². The average molecular weight is 742 g/mol. The Morgan fingerprint density at radius 2 is 1.09 bits per heavy atom. The van der Waals surface area contributed by atoms with Crippen LogP contribution in [0.1, 0.15) is 29.3 Å². The Morgan fingerprint density at radius 1 is 0.636 bits per heavy atom. The molecule has 12 heteroatoms. The van der Waals surface area contributed by atoms with Gasteiger partial charge in [-0.2, -0.15) is 0 Å². The van der Waals surface area contributed by atoms with Crippen molar-refractivity contribution < 1.29 is 5.11 Å². The molecule has 5 nitrogen and oxygen atoms in total. The van der Waals surface area contributed by atoms with Crippen molar-refractivity contribution in [2.75, 3.05) is 72.6 Å². The summed E-state index contributed by atoms with van der Waals surface area (Å²) in [5.74, 6) is 2.18. The van der Waals surface area contributed by atoms with Crippen LogP contribution in [0.4, 0.5) is 11.4 Å². The Hall–Kier alpha value is -0.990. The highest BCUT2D eigenvalue weighted by Gasteiger charge is 2.33. The number of nitrogens with zero attached hydrogens (tertiary/aromatic N) is 4. The first-order chi connectivity index (χ1) is 21.3. The van der Waals surface area contributed by atoms with E-state index in [2.05, 4.69) is 43.9 Å². The van der Waals surface area contributed by atoms with Crippen molar-refractivity contribution in [3.05, 3.63) is 86.4 Å². The summed E-state index contributed by atoms with van der Waals surface area (Å²) in [4.78, 5) is 8.92. The molecule has 1 fully saturated rings. The Labute approximate surface area is 296 Å². The molecule has 1 N–H and O–H groups in total. The van der Waals surface area contributed by atoms with Crippen molar-refractivity contribution in [3.63, 3.8) is 0 Å². The van der Waals surface area contributed by atoms with Gasteiger partial charge >= 0.3 is 0 Å². The lowest BCUT2D eigenvalue weighted by molar-refractivity contribution is -0.0103. The first-order valence-corrected chi connectivity index (χ1v) is 17.8. The molecule has 44 heavy (non-hydrogen) atoms. The molecule has 240 valence electrons. The molecule has 0 aromatic heterocycles. The lowest BCUT2D eigenvalue weighted by Gasteiger charge is -2.44. The van der Waals surface area contributed by atoms with Crippen LogP contribution >= 0.6 is 81.2 Å². The third kappa shape index (κ3) is 9.30. The van der Waals surface area contributed by atoms with Crippen molar-refractivity contribution in [1.29, 1.82) is 0 Å². The number of halogens is 7. The molecule has 1 heterocycles. The highest BCUT2D eigenvalue weighted by molar-refractivity contribution is 6.32. The lowest BCUT2D eigenvalue weighted by Crippen LogP contribution is -2.47. The van der Waals surface area contributed by atoms with Crippen molar-refractivity contribution in [2.24, 2.45) is 0 Å². The molecule has 3 aromatic carbocycles. The van der Waals surface area contributed by atoms with E-state index in [9.17, 15) is 5.11 Å². The van der Waals surface area contributed by atoms with Gasteiger partial charge in [0, 0.05) is 108 Å². The molecule has 1 aliphatic rings. The summed E-state index contributed by atoms with van der Waals surface area (Å²) >= 11 is 44.3. The van der Waals surface area contributed by atoms with E-state index in [-0.39, 0.29) is 11.9 Å². The summed E-state index contributed by atoms with van der Waals surface area (Å²) in [6, 6.07) is 17.4. The molecule has 1 aliphatic heterocycles. The minimum absolute atomic E-state index is 0.190. The molecule has 0 radical (unpaired) electrons. The highest BCUT2D eigenvalue weighted by atomic mass is 35.5. The maximum Gasteiger partial charge on any atom is 0.121 e. The van der Waals surface area contributed by atoms with Crippen LogP contribution in [-0.4, -0.2) is 77.7 Å². The third-order valence-electron chi connectivity index (χ3n) is 7.82. The van der Waals surface area contributed by atoms with Crippen molar-refractivity contribution in [3.8, 4) is 5.75 Å². The van der Waals surface area contributed by atoms with Crippen LogP contribution in [0.15, 0.2) is 54.6 Å². The molecule has 3 aromatic rings. The van der Waals surface area contributed by atoms with Gasteiger partial charge in [-0.25, -0.2) is 0 Å². The van der Waals surface area contributed by atoms with Crippen LogP contribution in [0.5, 0.6) is 5.75 Å². The number of hydrogen-bond acceptors (Lipinski definition) is 5. The molecular formula is C32H37Cl7N4O. The molecule has 0 unspecified atom stereocenters. The number of phenolic OH excluding ortho intramolecular Hbond substituents is 1. The smallest absolute Gasteiger partial charge is 0.121 e. The average Bonchev–Trinajstić information content (AvgIpc) is 3.00. The SMILES string of the molecule is Oc1ccc(Cl)cc1C1N(Cc2ccc(N(CCCl)CCCl)cc2Cl)CCCN1Cc1ccc(N(CCCl)CCCl)cc1Cl. The fourth-order valence-electron chi connectivity index (χ4n) is 5.72. The Bertz CT molecular complexity index is 1280. The molecular weight excluding hydrogens is 705 g/mol. The topological polar surface area (TPSA) is 33.2 Å². The number of anilines is 2. The molecule has 0 spiro atoms. The second kappa shape index (κ2) is 17.8. The zero-order chi connectivity index (χ0) is 31.6. The van der Waals surface area contributed by atoms with Crippen molar-refractivity contribution in [2.45, 2.75) is 25.7 Å². The molecule has 0 bridgehead atoms. The maximum atomic E-state index is 11.0. The van der Waals surface area contributed by atoms with Crippen LogP contribution in [0.2, 0.25) is 15.1 Å². The van der Waals surface area contributed by atoms with Crippen molar-refractivity contribution >= 4 is 92.6 Å². The van der Waals surface area contributed by atoms with E-state index in [0.717, 1.165) is 47.6 Å². The van der Waals surface area contributed by atoms with Crippen LogP contribution in [0.3, 0.4) is 0 Å². The largest absolute Gasteiger partial charge is 0.508 e. The quantitative estimate of drug-likeness (QED) is 0.157. The molecule has 4 rings (SSSR count). The predicted octanol–water partition coefficient (Wildman–Crippen LogP) is 9.33. The molecule has 0 atom stereocenters. The molecule has 0 saturated carbocycles. The van der Waals surface area contributed by atoms with Gasteiger partial charge in [0.1, 0.15) is 5.75 Å². The molecule has 1 saturated heterocycles. The van der Waals surface area contributed by atoms with Gasteiger partial charge in [0.25, 0.3) is 0 Å². The number of aromatic hydroxyl groups is 1. The highest BCUT2D eigenvalue weighted by Crippen LogP contribution is 2.39. The van der Waals surface area contributed by atoms with Crippen LogP contribution in [0, 0.1) is 0 Å². The summed E-state index contributed by atoms with van der Waals surface area (Å²) in [5, 5.41) is 12.9. The Balaban J connectivity index is 1.64. The van der Waals surface area contributed by atoms with Gasteiger partial charge in [-0.05, 0) is 60.0 Å². The molecule has 0 aliphatic carbocycles. The fourth-order valence-corrected chi connectivity index (χ4v) is 7.18. The number of hydrogen-bond donors (Lipinski definition) is 1. The number of alkyl halides is 4. The standard InChI is InChI=1S/C32H37Cl7N4O/c33-8-14-40(15-9-34)26-5-2-23(29(38)19-26)21-42-12-1-13-43(32(42)28-18-25(37)4-7-31(28)44)22-24-3-6-27(20-30(24)39)41(16-10-35)17-11-36/h2-7,18-20,32,44H,1,8-17,21-22H2. The van der Waals surface area contributed by atoms with E-state index in [4.69, 9.17) is 81.2 Å². The van der Waals surface area contributed by atoms with Gasteiger partial charge in [0.2, 0.25) is 0 Å². The van der Waals surface area contributed by atoms with E-state index in [1.807, 2.05) is 18.2 Å². The van der Waals surface area contributed by atoms with Gasteiger partial charge in [-0.15, -0.1) is 46.4 Å². The van der Waals surface area contributed by atoms with Crippen LogP contribution in [-0.2, 0) is 13.1 Å². The minimum atomic E-state index is -0.262. The first-order valence-electron chi connectivity index (χ1n) is 14.6. The fraction of sp³-hybridized carbons (Fsp3) is 0.438. The lowest BCUT2D eigenvalue weighted by atomic mass is 10.0. The van der Waals surface area contributed by atoms with Gasteiger partial charge in [-0.3, -0.25) is 9.80 Å². The summed E-state index contributed by atoms with van der Waals surface area (Å²) in [5.41, 5.74) is 4.68. The van der Waals surface area contributed by atoms with Crippen LogP contribution < -0.4 is 9.80 Å². The second-order valence-corrected chi connectivity index (χ2v) is 13.4. The normalized spacial score (nSPS) is 14.7. The second-order valence-electron chi connectivity index (χ2n) is 10.7. The summed E-state index contributed by atoms with van der Waals surface area (Å²) < 4.78 is 0. The summed E-state index contributed by atoms with van der Waals surface area (Å²) in [6.45, 7) is 5.52. The summed E-state index contributed by atoms with van der Waals surface area (Å²) in [7, 11) is 0. The number of rotatable bonds is 15. The zero-order valence-electron chi connectivity index (χ0n) is 24.3. The minimum Gasteiger partial charge on any atom is -0.508 e. The van der Waals surface area contributed by atoms with Gasteiger partial charge in [0.05, 0.1) is 6.17 Å². The van der Waals surface area contributed by atoms with Crippen molar-refractivity contribution in [1.82, 2.24) is 9.80 Å². The van der Waals surface area contributed by atoms with E-state index in [0.29, 0.717) is 77.9 Å². The zero-order valence-corrected chi connectivity index (χ0v) is 29.6. The van der Waals surface area contributed by atoms with E-state index < -0.39 is 0 Å². The van der Waals surface area contributed by atoms with E-state index in [1.54, 1.807) is 12.1 Å².